The standard InChI is InChI=1S/C32H27ClN2O7S/c1-4-39-31(37)28-18(2)34-32-35(29(28)20-10-12-24-26(15-20)42-17-41-24)30(36)27(43-32)14-19-9-11-23(25(13-19)38-3)40-16-21-7-5-6-8-22(21)33/h5-15,29H,4,16-17H2,1-3H3/b27-14+/t29-/m1/s1. The molecule has 6 rings (SSSR count). The molecule has 43 heavy (non-hydrogen) atoms. The van der Waals surface area contributed by atoms with E-state index in [1.54, 1.807) is 51.3 Å². The van der Waals surface area contributed by atoms with Gasteiger partial charge in [0, 0.05) is 10.6 Å². The first-order valence-corrected chi connectivity index (χ1v) is 14.7. The van der Waals surface area contributed by atoms with E-state index in [1.807, 2.05) is 36.4 Å². The lowest BCUT2D eigenvalue weighted by atomic mass is 9.95. The second-order valence-electron chi connectivity index (χ2n) is 9.71. The van der Waals surface area contributed by atoms with Gasteiger partial charge in [0.1, 0.15) is 6.61 Å². The van der Waals surface area contributed by atoms with Crippen molar-refractivity contribution in [3.05, 3.63) is 113 Å². The highest BCUT2D eigenvalue weighted by molar-refractivity contribution is 7.07. The molecule has 9 nitrogen and oxygen atoms in total. The number of fused-ring (bicyclic) bond motifs is 2. The van der Waals surface area contributed by atoms with Crippen LogP contribution in [0, 0.1) is 0 Å². The van der Waals surface area contributed by atoms with Crippen molar-refractivity contribution in [2.24, 2.45) is 4.99 Å². The molecule has 0 fully saturated rings. The van der Waals surface area contributed by atoms with Crippen molar-refractivity contribution < 1.29 is 28.5 Å². The Morgan fingerprint density at radius 1 is 1.12 bits per heavy atom. The van der Waals surface area contributed by atoms with Crippen LogP contribution in [0.1, 0.15) is 36.6 Å². The molecule has 0 unspecified atom stereocenters. The molecule has 0 amide bonds. The highest BCUT2D eigenvalue weighted by atomic mass is 35.5. The summed E-state index contributed by atoms with van der Waals surface area (Å²) < 4.78 is 30.0. The fourth-order valence-electron chi connectivity index (χ4n) is 5.01. The lowest BCUT2D eigenvalue weighted by molar-refractivity contribution is -0.139. The number of halogens is 1. The van der Waals surface area contributed by atoms with Crippen LogP contribution in [0.15, 0.2) is 81.7 Å². The van der Waals surface area contributed by atoms with Crippen molar-refractivity contribution in [2.75, 3.05) is 20.5 Å². The minimum Gasteiger partial charge on any atom is -0.493 e. The van der Waals surface area contributed by atoms with Gasteiger partial charge >= 0.3 is 5.97 Å². The van der Waals surface area contributed by atoms with E-state index in [4.69, 9.17) is 35.3 Å². The number of allylic oxidation sites excluding steroid dienone is 1. The highest BCUT2D eigenvalue weighted by Crippen LogP contribution is 2.38. The van der Waals surface area contributed by atoms with Gasteiger partial charge in [-0.15, -0.1) is 0 Å². The summed E-state index contributed by atoms with van der Waals surface area (Å²) in [6, 6.07) is 17.5. The maximum absolute atomic E-state index is 14.0. The Labute approximate surface area is 255 Å². The molecule has 0 saturated heterocycles. The van der Waals surface area contributed by atoms with Crippen LogP contribution < -0.4 is 33.8 Å². The quantitative estimate of drug-likeness (QED) is 0.263. The Morgan fingerprint density at radius 3 is 2.72 bits per heavy atom. The van der Waals surface area contributed by atoms with Crippen LogP contribution in [0.25, 0.3) is 6.08 Å². The summed E-state index contributed by atoms with van der Waals surface area (Å²) in [7, 11) is 1.56. The monoisotopic (exact) mass is 618 g/mol. The van der Waals surface area contributed by atoms with Crippen molar-refractivity contribution in [2.45, 2.75) is 26.5 Å². The predicted octanol–water partition coefficient (Wildman–Crippen LogP) is 4.77. The van der Waals surface area contributed by atoms with Crippen molar-refractivity contribution >= 4 is 35.0 Å². The van der Waals surface area contributed by atoms with Gasteiger partial charge in [-0.1, -0.05) is 53.3 Å². The van der Waals surface area contributed by atoms with E-state index in [-0.39, 0.29) is 25.6 Å². The molecule has 0 radical (unpaired) electrons. The first kappa shape index (κ1) is 28.6. The van der Waals surface area contributed by atoms with Gasteiger partial charge in [-0.05, 0) is 61.4 Å². The third-order valence-corrected chi connectivity index (χ3v) is 8.41. The Kier molecular flexibility index (Phi) is 7.96. The molecule has 0 aliphatic carbocycles. The second kappa shape index (κ2) is 12.0. The fourth-order valence-corrected chi connectivity index (χ4v) is 6.24. The zero-order chi connectivity index (χ0) is 30.1. The van der Waals surface area contributed by atoms with Crippen molar-refractivity contribution in [3.63, 3.8) is 0 Å². The fraction of sp³-hybridized carbons (Fsp3) is 0.219. The molecule has 1 aromatic heterocycles. The number of carbonyl (C=O) groups excluding carboxylic acids is 1. The molecule has 3 heterocycles. The maximum Gasteiger partial charge on any atom is 0.338 e. The Balaban J connectivity index is 1.40. The number of hydrogen-bond acceptors (Lipinski definition) is 9. The molecule has 1 atom stereocenters. The minimum absolute atomic E-state index is 0.106. The van der Waals surface area contributed by atoms with Crippen LogP contribution in [0.3, 0.4) is 0 Å². The zero-order valence-electron chi connectivity index (χ0n) is 23.6. The van der Waals surface area contributed by atoms with E-state index >= 15 is 0 Å². The molecule has 0 N–H and O–H groups in total. The van der Waals surface area contributed by atoms with E-state index in [2.05, 4.69) is 4.99 Å². The summed E-state index contributed by atoms with van der Waals surface area (Å²) in [5.74, 6) is 1.66. The molecule has 2 aliphatic heterocycles. The summed E-state index contributed by atoms with van der Waals surface area (Å²) in [6.07, 6.45) is 1.77. The van der Waals surface area contributed by atoms with Crippen molar-refractivity contribution in [1.82, 2.24) is 4.57 Å². The van der Waals surface area contributed by atoms with Crippen LogP contribution in [0.2, 0.25) is 5.02 Å². The molecule has 220 valence electrons. The SMILES string of the molecule is CCOC(=O)C1=C(C)N=c2s/c(=C/c3ccc(OCc4ccccc4Cl)c(OC)c3)c(=O)n2[C@@H]1c1ccc2c(c1)OCO2. The molecule has 2 aliphatic rings. The number of esters is 1. The van der Waals surface area contributed by atoms with Crippen molar-refractivity contribution in [3.8, 4) is 23.0 Å². The molecule has 3 aromatic carbocycles. The van der Waals surface area contributed by atoms with Gasteiger partial charge in [0.05, 0.1) is 35.6 Å². The van der Waals surface area contributed by atoms with Gasteiger partial charge in [-0.3, -0.25) is 9.36 Å². The Hall–Kier alpha value is -4.54. The topological polar surface area (TPSA) is 97.6 Å². The summed E-state index contributed by atoms with van der Waals surface area (Å²) in [6.45, 7) is 4.05. The number of thiazole rings is 1. The predicted molar refractivity (Wildman–Crippen MR) is 162 cm³/mol. The van der Waals surface area contributed by atoms with Gasteiger partial charge in [-0.2, -0.15) is 0 Å². The largest absolute Gasteiger partial charge is 0.493 e. The molecule has 0 bridgehead atoms. The normalized spacial score (nSPS) is 15.6. The molecular formula is C32H27ClN2O7S. The lowest BCUT2D eigenvalue weighted by Gasteiger charge is -2.24. The molecular weight excluding hydrogens is 592 g/mol. The zero-order valence-corrected chi connectivity index (χ0v) is 25.2. The summed E-state index contributed by atoms with van der Waals surface area (Å²) >= 11 is 7.51. The number of ether oxygens (including phenoxy) is 5. The second-order valence-corrected chi connectivity index (χ2v) is 11.1. The van der Waals surface area contributed by atoms with Gasteiger partial charge in [0.2, 0.25) is 6.79 Å². The number of benzene rings is 3. The molecule has 0 spiro atoms. The maximum atomic E-state index is 14.0. The van der Waals surface area contributed by atoms with Crippen LogP contribution in [-0.4, -0.2) is 31.0 Å². The number of carbonyl (C=O) groups is 1. The van der Waals surface area contributed by atoms with Crippen LogP contribution in [-0.2, 0) is 16.1 Å². The van der Waals surface area contributed by atoms with E-state index in [0.717, 1.165) is 11.1 Å². The summed E-state index contributed by atoms with van der Waals surface area (Å²) in [5.41, 5.74) is 2.74. The first-order valence-electron chi connectivity index (χ1n) is 13.5. The number of hydrogen-bond donors (Lipinski definition) is 0. The molecule has 0 saturated carbocycles. The van der Waals surface area contributed by atoms with Gasteiger partial charge in [0.25, 0.3) is 5.56 Å². The number of aromatic nitrogens is 1. The number of nitrogens with zero attached hydrogens (tertiary/aromatic N) is 2. The van der Waals surface area contributed by atoms with Crippen LogP contribution in [0.5, 0.6) is 23.0 Å². The third kappa shape index (κ3) is 5.51. The van der Waals surface area contributed by atoms with Gasteiger partial charge < -0.3 is 23.7 Å². The Morgan fingerprint density at radius 2 is 1.93 bits per heavy atom. The smallest absolute Gasteiger partial charge is 0.338 e. The number of methoxy groups -OCH3 is 1. The van der Waals surface area contributed by atoms with E-state index < -0.39 is 12.0 Å². The van der Waals surface area contributed by atoms with Gasteiger partial charge in [0.15, 0.2) is 27.8 Å². The highest BCUT2D eigenvalue weighted by Gasteiger charge is 2.34. The van der Waals surface area contributed by atoms with Crippen LogP contribution in [0.4, 0.5) is 0 Å². The van der Waals surface area contributed by atoms with Crippen molar-refractivity contribution in [1.29, 1.82) is 0 Å². The molecule has 11 heteroatoms. The van der Waals surface area contributed by atoms with E-state index in [0.29, 0.717) is 54.2 Å². The Bertz CT molecular complexity index is 1950. The minimum atomic E-state index is -0.762. The third-order valence-electron chi connectivity index (χ3n) is 7.06. The average molecular weight is 619 g/mol. The van der Waals surface area contributed by atoms with E-state index in [9.17, 15) is 9.59 Å². The summed E-state index contributed by atoms with van der Waals surface area (Å²) in [4.78, 5) is 32.2. The summed E-state index contributed by atoms with van der Waals surface area (Å²) in [5, 5.41) is 0.619. The lowest BCUT2D eigenvalue weighted by Crippen LogP contribution is -2.39. The number of rotatable bonds is 8. The van der Waals surface area contributed by atoms with Crippen LogP contribution >= 0.6 is 22.9 Å². The first-order chi connectivity index (χ1) is 20.9. The average Bonchev–Trinajstić information content (AvgIpc) is 3.59. The molecule has 4 aromatic rings. The van der Waals surface area contributed by atoms with Gasteiger partial charge in [-0.25, -0.2) is 9.79 Å². The van der Waals surface area contributed by atoms with E-state index in [1.165, 1.54) is 15.9 Å².